The molecule has 0 aliphatic rings. The summed E-state index contributed by atoms with van der Waals surface area (Å²) in [5.74, 6) is -0.122. The lowest BCUT2D eigenvalue weighted by atomic mass is 10.1. The van der Waals surface area contributed by atoms with Gasteiger partial charge in [-0.3, -0.25) is 9.78 Å². The molecule has 0 saturated carbocycles. The van der Waals surface area contributed by atoms with Gasteiger partial charge >= 0.3 is 0 Å². The summed E-state index contributed by atoms with van der Waals surface area (Å²) in [4.78, 5) is 16.8. The number of anilines is 2. The number of aromatic nitrogens is 1. The van der Waals surface area contributed by atoms with Crippen LogP contribution in [0, 0.1) is 6.92 Å². The molecule has 0 radical (unpaired) electrons. The van der Waals surface area contributed by atoms with Crippen molar-refractivity contribution in [3.63, 3.8) is 0 Å². The maximum absolute atomic E-state index is 12.5. The Hall–Kier alpha value is -2.59. The van der Waals surface area contributed by atoms with Gasteiger partial charge in [0.2, 0.25) is 5.91 Å². The van der Waals surface area contributed by atoms with E-state index in [2.05, 4.69) is 15.6 Å². The van der Waals surface area contributed by atoms with Gasteiger partial charge in [-0.2, -0.15) is 0 Å². The third-order valence-corrected chi connectivity index (χ3v) is 4.26. The molecule has 1 unspecified atom stereocenters. The fraction of sp³-hybridized carbons (Fsp3) is 0.158. The predicted octanol–water partition coefficient (Wildman–Crippen LogP) is 4.64. The number of fused-ring (bicyclic) bond motifs is 1. The topological polar surface area (TPSA) is 54.0 Å². The normalized spacial score (nSPS) is 12.0. The third kappa shape index (κ3) is 3.49. The van der Waals surface area contributed by atoms with Crippen molar-refractivity contribution in [2.24, 2.45) is 0 Å². The second kappa shape index (κ2) is 6.89. The van der Waals surface area contributed by atoms with Crippen LogP contribution < -0.4 is 10.6 Å². The van der Waals surface area contributed by atoms with Gasteiger partial charge < -0.3 is 10.6 Å². The number of pyridine rings is 1. The molecule has 0 aliphatic heterocycles. The Balaban J connectivity index is 1.75. The summed E-state index contributed by atoms with van der Waals surface area (Å²) >= 11 is 6.12. The molecule has 2 aromatic carbocycles. The van der Waals surface area contributed by atoms with E-state index in [1.165, 1.54) is 0 Å². The van der Waals surface area contributed by atoms with Crippen molar-refractivity contribution in [3.8, 4) is 0 Å². The quantitative estimate of drug-likeness (QED) is 0.728. The Labute approximate surface area is 145 Å². The van der Waals surface area contributed by atoms with Crippen molar-refractivity contribution >= 4 is 39.8 Å². The van der Waals surface area contributed by atoms with Gasteiger partial charge in [-0.25, -0.2) is 0 Å². The van der Waals surface area contributed by atoms with Crippen molar-refractivity contribution in [1.29, 1.82) is 0 Å². The molecule has 1 amide bonds. The number of hydrogen-bond donors (Lipinski definition) is 2. The number of amides is 1. The lowest BCUT2D eigenvalue weighted by Crippen LogP contribution is -2.31. The molecule has 3 rings (SSSR count). The van der Waals surface area contributed by atoms with E-state index in [0.29, 0.717) is 5.02 Å². The van der Waals surface area contributed by atoms with Crippen molar-refractivity contribution < 1.29 is 4.79 Å². The van der Waals surface area contributed by atoms with Crippen molar-refractivity contribution in [1.82, 2.24) is 4.98 Å². The van der Waals surface area contributed by atoms with E-state index in [1.807, 2.05) is 62.4 Å². The largest absolute Gasteiger partial charge is 0.374 e. The number of carbonyl (C=O) groups is 1. The summed E-state index contributed by atoms with van der Waals surface area (Å²) in [5.41, 5.74) is 3.41. The summed E-state index contributed by atoms with van der Waals surface area (Å²) < 4.78 is 0. The molecule has 2 N–H and O–H groups in total. The Bertz CT molecular complexity index is 889. The van der Waals surface area contributed by atoms with Gasteiger partial charge in [0, 0.05) is 22.3 Å². The molecule has 24 heavy (non-hydrogen) atoms. The lowest BCUT2D eigenvalue weighted by molar-refractivity contribution is -0.116. The van der Waals surface area contributed by atoms with Crippen LogP contribution in [0.5, 0.6) is 0 Å². The monoisotopic (exact) mass is 339 g/mol. The van der Waals surface area contributed by atoms with E-state index >= 15 is 0 Å². The number of aryl methyl sites for hydroxylation is 1. The van der Waals surface area contributed by atoms with Crippen LogP contribution in [-0.4, -0.2) is 16.9 Å². The Morgan fingerprint density at radius 2 is 2.00 bits per heavy atom. The van der Waals surface area contributed by atoms with Crippen molar-refractivity contribution in [2.45, 2.75) is 19.9 Å². The minimum Gasteiger partial charge on any atom is -0.374 e. The maximum Gasteiger partial charge on any atom is 0.246 e. The van der Waals surface area contributed by atoms with E-state index in [9.17, 15) is 4.79 Å². The summed E-state index contributed by atoms with van der Waals surface area (Å²) in [6.45, 7) is 3.75. The Morgan fingerprint density at radius 1 is 1.17 bits per heavy atom. The highest BCUT2D eigenvalue weighted by atomic mass is 35.5. The molecule has 0 fully saturated rings. The molecule has 1 aromatic heterocycles. The van der Waals surface area contributed by atoms with Crippen LogP contribution in [0.2, 0.25) is 5.02 Å². The number of nitrogens with zero attached hydrogens (tertiary/aromatic N) is 1. The summed E-state index contributed by atoms with van der Waals surface area (Å²) in [6.07, 6.45) is 1.74. The lowest BCUT2D eigenvalue weighted by Gasteiger charge is -2.16. The Morgan fingerprint density at radius 3 is 2.79 bits per heavy atom. The average molecular weight is 340 g/mol. The summed E-state index contributed by atoms with van der Waals surface area (Å²) in [5, 5.41) is 7.71. The van der Waals surface area contributed by atoms with Gasteiger partial charge in [-0.05, 0) is 55.8 Å². The highest BCUT2D eigenvalue weighted by molar-refractivity contribution is 6.31. The van der Waals surface area contributed by atoms with Crippen molar-refractivity contribution in [3.05, 3.63) is 65.3 Å². The minimum atomic E-state index is -0.407. The molecular formula is C19H18ClN3O. The van der Waals surface area contributed by atoms with Crippen LogP contribution in [-0.2, 0) is 4.79 Å². The maximum atomic E-state index is 12.5. The molecule has 0 spiro atoms. The van der Waals surface area contributed by atoms with Crippen LogP contribution in [0.4, 0.5) is 11.4 Å². The van der Waals surface area contributed by atoms with Gasteiger partial charge in [-0.15, -0.1) is 0 Å². The van der Waals surface area contributed by atoms with E-state index < -0.39 is 6.04 Å². The van der Waals surface area contributed by atoms with Gasteiger partial charge in [0.15, 0.2) is 0 Å². The third-order valence-electron chi connectivity index (χ3n) is 3.85. The first-order chi connectivity index (χ1) is 11.5. The molecule has 4 nitrogen and oxygen atoms in total. The summed E-state index contributed by atoms with van der Waals surface area (Å²) in [7, 11) is 0. The molecule has 122 valence electrons. The number of halogens is 1. The molecular weight excluding hydrogens is 322 g/mol. The van der Waals surface area contributed by atoms with Crippen LogP contribution >= 0.6 is 11.6 Å². The van der Waals surface area contributed by atoms with Gasteiger partial charge in [0.05, 0.1) is 11.2 Å². The second-order valence-corrected chi connectivity index (χ2v) is 6.10. The zero-order chi connectivity index (χ0) is 17.1. The van der Waals surface area contributed by atoms with Crippen LogP contribution in [0.1, 0.15) is 12.5 Å². The van der Waals surface area contributed by atoms with Crippen LogP contribution in [0.25, 0.3) is 10.9 Å². The van der Waals surface area contributed by atoms with Gasteiger partial charge in [-0.1, -0.05) is 23.7 Å². The van der Waals surface area contributed by atoms with E-state index in [1.54, 1.807) is 6.20 Å². The predicted molar refractivity (Wildman–Crippen MR) is 99.6 cm³/mol. The molecule has 3 aromatic rings. The molecule has 0 saturated heterocycles. The molecule has 1 heterocycles. The fourth-order valence-electron chi connectivity index (χ4n) is 2.45. The van der Waals surface area contributed by atoms with Crippen LogP contribution in [0.15, 0.2) is 54.7 Å². The van der Waals surface area contributed by atoms with Gasteiger partial charge in [0.1, 0.15) is 6.04 Å². The number of hydrogen-bond acceptors (Lipinski definition) is 3. The molecule has 5 heteroatoms. The zero-order valence-corrected chi connectivity index (χ0v) is 14.3. The number of rotatable bonds is 4. The molecule has 0 bridgehead atoms. The van der Waals surface area contributed by atoms with Crippen molar-refractivity contribution in [2.75, 3.05) is 10.6 Å². The number of carbonyl (C=O) groups excluding carboxylic acids is 1. The first-order valence-corrected chi connectivity index (χ1v) is 8.09. The average Bonchev–Trinajstić information content (AvgIpc) is 2.58. The number of benzene rings is 2. The minimum absolute atomic E-state index is 0.122. The van der Waals surface area contributed by atoms with E-state index in [0.717, 1.165) is 27.8 Å². The SMILES string of the molecule is Cc1ccc(NC(C)C(=O)Nc2cccc3ncccc23)cc1Cl. The van der Waals surface area contributed by atoms with E-state index in [-0.39, 0.29) is 5.91 Å². The second-order valence-electron chi connectivity index (χ2n) is 5.69. The smallest absolute Gasteiger partial charge is 0.246 e. The fourth-order valence-corrected chi connectivity index (χ4v) is 2.63. The highest BCUT2D eigenvalue weighted by Gasteiger charge is 2.14. The first kappa shape index (κ1) is 16.3. The van der Waals surface area contributed by atoms with Gasteiger partial charge in [0.25, 0.3) is 0 Å². The summed E-state index contributed by atoms with van der Waals surface area (Å²) in [6, 6.07) is 14.7. The molecule has 0 aliphatic carbocycles. The molecule has 1 atom stereocenters. The zero-order valence-electron chi connectivity index (χ0n) is 13.5. The first-order valence-electron chi connectivity index (χ1n) is 7.72. The number of nitrogens with one attached hydrogen (secondary N) is 2. The van der Waals surface area contributed by atoms with E-state index in [4.69, 9.17) is 11.6 Å². The van der Waals surface area contributed by atoms with Crippen LogP contribution in [0.3, 0.4) is 0 Å². The highest BCUT2D eigenvalue weighted by Crippen LogP contribution is 2.23. The Kier molecular flexibility index (Phi) is 4.67. The standard InChI is InChI=1S/C19H18ClN3O/c1-12-8-9-14(11-16(12)20)22-13(2)19(24)23-18-7-3-6-17-15(18)5-4-10-21-17/h3-11,13,22H,1-2H3,(H,23,24).